The quantitative estimate of drug-likeness (QED) is 0.762. The number of hydrogen-bond acceptors (Lipinski definition) is 4. The van der Waals surface area contributed by atoms with Crippen molar-refractivity contribution in [3.63, 3.8) is 0 Å². The normalized spacial score (nSPS) is 12.7. The number of rotatable bonds is 7. The molecule has 0 heterocycles. The van der Waals surface area contributed by atoms with Gasteiger partial charge in [0.25, 0.3) is 0 Å². The molecule has 5 nitrogen and oxygen atoms in total. The number of sulfonamides is 1. The van der Waals surface area contributed by atoms with Crippen molar-refractivity contribution in [3.8, 4) is 0 Å². The summed E-state index contributed by atoms with van der Waals surface area (Å²) in [5, 5.41) is 9.22. The molecule has 0 aliphatic carbocycles. The Balaban J connectivity index is 3.06. The summed E-state index contributed by atoms with van der Waals surface area (Å²) in [6.45, 7) is 7.76. The highest BCUT2D eigenvalue weighted by Crippen LogP contribution is 2.27. The summed E-state index contributed by atoms with van der Waals surface area (Å²) in [5.74, 6) is 0. The minimum absolute atomic E-state index is 0.124. The summed E-state index contributed by atoms with van der Waals surface area (Å²) < 4.78 is 33.4. The number of benzene rings is 1. The molecule has 120 valence electrons. The van der Waals surface area contributed by atoms with Crippen molar-refractivity contribution in [2.45, 2.75) is 44.8 Å². The number of hydrogen-bond donors (Lipinski definition) is 2. The van der Waals surface area contributed by atoms with E-state index in [-0.39, 0.29) is 18.0 Å². The summed E-state index contributed by atoms with van der Waals surface area (Å²) in [4.78, 5) is 0.124. The Kier molecular flexibility index (Phi) is 6.36. The van der Waals surface area contributed by atoms with E-state index in [2.05, 4.69) is 20.7 Å². The van der Waals surface area contributed by atoms with E-state index in [4.69, 9.17) is 4.74 Å². The van der Waals surface area contributed by atoms with Crippen LogP contribution in [0.4, 0.5) is 0 Å². The third-order valence-electron chi connectivity index (χ3n) is 2.98. The SMILES string of the molecule is CCOC(C)(C)CNS(=O)(=O)c1cc(CO)cc(C)c1Br. The summed E-state index contributed by atoms with van der Waals surface area (Å²) >= 11 is 3.30. The average Bonchev–Trinajstić information content (AvgIpc) is 2.39. The van der Waals surface area contributed by atoms with Crippen LogP contribution in [0.2, 0.25) is 0 Å². The van der Waals surface area contributed by atoms with Gasteiger partial charge in [-0.3, -0.25) is 0 Å². The monoisotopic (exact) mass is 379 g/mol. The number of aliphatic hydroxyl groups excluding tert-OH is 1. The first kappa shape index (κ1) is 18.6. The van der Waals surface area contributed by atoms with Gasteiger partial charge in [-0.1, -0.05) is 6.07 Å². The molecule has 1 rings (SSSR count). The van der Waals surface area contributed by atoms with E-state index in [9.17, 15) is 13.5 Å². The van der Waals surface area contributed by atoms with Gasteiger partial charge in [-0.25, -0.2) is 13.1 Å². The lowest BCUT2D eigenvalue weighted by Crippen LogP contribution is -2.40. The zero-order valence-corrected chi connectivity index (χ0v) is 15.1. The standard InChI is InChI=1S/C14H22BrNO4S/c1-5-20-14(3,4)9-16-21(18,19)12-7-11(8-17)6-10(2)13(12)15/h6-7,16-17H,5,8-9H2,1-4H3. The Bertz CT molecular complexity index is 599. The molecule has 0 saturated carbocycles. The second-order valence-corrected chi connectivity index (χ2v) is 7.93. The molecule has 2 N–H and O–H groups in total. The van der Waals surface area contributed by atoms with Crippen LogP contribution in [-0.4, -0.2) is 32.3 Å². The molecule has 0 amide bonds. The van der Waals surface area contributed by atoms with E-state index in [0.717, 1.165) is 5.56 Å². The molecule has 0 aliphatic heterocycles. The molecule has 0 atom stereocenters. The third-order valence-corrected chi connectivity index (χ3v) is 5.72. The Morgan fingerprint density at radius 1 is 1.38 bits per heavy atom. The van der Waals surface area contributed by atoms with Gasteiger partial charge in [0.15, 0.2) is 0 Å². The molecule has 0 radical (unpaired) electrons. The van der Waals surface area contributed by atoms with Crippen molar-refractivity contribution < 1.29 is 18.3 Å². The van der Waals surface area contributed by atoms with Crippen LogP contribution in [-0.2, 0) is 21.4 Å². The van der Waals surface area contributed by atoms with Crippen molar-refractivity contribution in [2.75, 3.05) is 13.2 Å². The summed E-state index contributed by atoms with van der Waals surface area (Å²) in [6, 6.07) is 3.21. The van der Waals surface area contributed by atoms with Gasteiger partial charge in [0.05, 0.1) is 17.1 Å². The molecule has 0 fully saturated rings. The van der Waals surface area contributed by atoms with Crippen molar-refractivity contribution >= 4 is 26.0 Å². The van der Waals surface area contributed by atoms with Crippen LogP contribution in [0, 0.1) is 6.92 Å². The highest BCUT2D eigenvalue weighted by atomic mass is 79.9. The number of ether oxygens (including phenoxy) is 1. The van der Waals surface area contributed by atoms with Gasteiger partial charge in [-0.2, -0.15) is 0 Å². The zero-order chi connectivity index (χ0) is 16.3. The maximum absolute atomic E-state index is 12.4. The molecule has 0 spiro atoms. The van der Waals surface area contributed by atoms with Crippen molar-refractivity contribution in [3.05, 3.63) is 27.7 Å². The molecular weight excluding hydrogens is 358 g/mol. The first-order chi connectivity index (χ1) is 9.63. The highest BCUT2D eigenvalue weighted by Gasteiger charge is 2.24. The van der Waals surface area contributed by atoms with Crippen LogP contribution in [0.5, 0.6) is 0 Å². The van der Waals surface area contributed by atoms with E-state index in [1.165, 1.54) is 6.07 Å². The molecule has 0 saturated heterocycles. The number of nitrogens with one attached hydrogen (secondary N) is 1. The van der Waals surface area contributed by atoms with E-state index >= 15 is 0 Å². The van der Waals surface area contributed by atoms with Crippen molar-refractivity contribution in [1.29, 1.82) is 0 Å². The van der Waals surface area contributed by atoms with Gasteiger partial charge in [-0.05, 0) is 60.8 Å². The van der Waals surface area contributed by atoms with Gasteiger partial charge in [0, 0.05) is 17.6 Å². The first-order valence-corrected chi connectivity index (χ1v) is 8.94. The summed E-state index contributed by atoms with van der Waals surface area (Å²) in [5.41, 5.74) is 0.726. The van der Waals surface area contributed by atoms with Gasteiger partial charge in [0.2, 0.25) is 10.0 Å². The Morgan fingerprint density at radius 2 is 2.00 bits per heavy atom. The molecule has 7 heteroatoms. The smallest absolute Gasteiger partial charge is 0.241 e. The lowest BCUT2D eigenvalue weighted by Gasteiger charge is -2.25. The molecular formula is C14H22BrNO4S. The van der Waals surface area contributed by atoms with Gasteiger partial charge < -0.3 is 9.84 Å². The lowest BCUT2D eigenvalue weighted by molar-refractivity contribution is -0.00515. The maximum Gasteiger partial charge on any atom is 0.241 e. The molecule has 1 aromatic rings. The number of halogens is 1. The second-order valence-electron chi connectivity index (χ2n) is 5.40. The summed E-state index contributed by atoms with van der Waals surface area (Å²) in [6.07, 6.45) is 0. The molecule has 0 aromatic heterocycles. The predicted octanol–water partition coefficient (Wildman–Crippen LogP) is 2.34. The molecule has 0 aliphatic rings. The summed E-state index contributed by atoms with van der Waals surface area (Å²) in [7, 11) is -3.69. The number of aryl methyl sites for hydroxylation is 1. The van der Waals surface area contributed by atoms with Crippen molar-refractivity contribution in [2.24, 2.45) is 0 Å². The Hall–Kier alpha value is -0.470. The second kappa shape index (κ2) is 7.19. The van der Waals surface area contributed by atoms with Crippen LogP contribution >= 0.6 is 15.9 Å². The Morgan fingerprint density at radius 3 is 2.52 bits per heavy atom. The third kappa shape index (κ3) is 5.03. The molecule has 1 aromatic carbocycles. The largest absolute Gasteiger partial charge is 0.392 e. The van der Waals surface area contributed by atoms with Crippen LogP contribution < -0.4 is 4.72 Å². The van der Waals surface area contributed by atoms with Gasteiger partial charge in [-0.15, -0.1) is 0 Å². The predicted molar refractivity (Wildman–Crippen MR) is 85.7 cm³/mol. The van der Waals surface area contributed by atoms with Gasteiger partial charge >= 0.3 is 0 Å². The van der Waals surface area contributed by atoms with Crippen LogP contribution in [0.25, 0.3) is 0 Å². The number of aliphatic hydroxyl groups is 1. The fourth-order valence-corrected chi connectivity index (χ4v) is 4.15. The van der Waals surface area contributed by atoms with Crippen LogP contribution in [0.15, 0.2) is 21.5 Å². The average molecular weight is 380 g/mol. The maximum atomic E-state index is 12.4. The highest BCUT2D eigenvalue weighted by molar-refractivity contribution is 9.10. The topological polar surface area (TPSA) is 75.6 Å². The van der Waals surface area contributed by atoms with Gasteiger partial charge in [0.1, 0.15) is 0 Å². The van der Waals surface area contributed by atoms with Crippen molar-refractivity contribution in [1.82, 2.24) is 4.72 Å². The van der Waals surface area contributed by atoms with E-state index in [1.807, 2.05) is 20.8 Å². The minimum atomic E-state index is -3.69. The molecule has 21 heavy (non-hydrogen) atoms. The van der Waals surface area contributed by atoms with E-state index < -0.39 is 15.6 Å². The first-order valence-electron chi connectivity index (χ1n) is 6.66. The zero-order valence-electron chi connectivity index (χ0n) is 12.7. The fourth-order valence-electron chi connectivity index (χ4n) is 1.88. The lowest BCUT2D eigenvalue weighted by atomic mass is 10.1. The minimum Gasteiger partial charge on any atom is -0.392 e. The van der Waals surface area contributed by atoms with E-state index in [1.54, 1.807) is 13.0 Å². The van der Waals surface area contributed by atoms with Crippen LogP contribution in [0.1, 0.15) is 31.9 Å². The molecule has 0 bridgehead atoms. The fraction of sp³-hybridized carbons (Fsp3) is 0.571. The molecule has 0 unspecified atom stereocenters. The van der Waals surface area contributed by atoms with E-state index in [0.29, 0.717) is 16.6 Å². The van der Waals surface area contributed by atoms with Crippen LogP contribution in [0.3, 0.4) is 0 Å². The Labute approximate surface area is 134 Å².